The van der Waals surface area contributed by atoms with E-state index in [0.717, 1.165) is 24.6 Å². The SMILES string of the molecule is CCn1ncc2c1[C@@H](COCC1CC1)CN(C(=O)C1CC(F)C1)C2. The van der Waals surface area contributed by atoms with Gasteiger partial charge in [-0.1, -0.05) is 0 Å². The van der Waals surface area contributed by atoms with E-state index in [4.69, 9.17) is 4.74 Å². The maximum absolute atomic E-state index is 13.1. The average molecular weight is 335 g/mol. The molecule has 2 saturated carbocycles. The van der Waals surface area contributed by atoms with Gasteiger partial charge in [-0.05, 0) is 38.5 Å². The van der Waals surface area contributed by atoms with Crippen LogP contribution >= 0.6 is 0 Å². The Balaban J connectivity index is 1.47. The highest BCUT2D eigenvalue weighted by Gasteiger charge is 2.40. The Morgan fingerprint density at radius 1 is 1.38 bits per heavy atom. The molecule has 132 valence electrons. The fourth-order valence-electron chi connectivity index (χ4n) is 3.87. The third-order valence-electron chi connectivity index (χ3n) is 5.56. The number of amides is 1. The lowest BCUT2D eigenvalue weighted by atomic mass is 9.81. The first-order chi connectivity index (χ1) is 11.7. The molecule has 0 unspecified atom stereocenters. The van der Waals surface area contributed by atoms with Crippen molar-refractivity contribution in [3.05, 3.63) is 17.5 Å². The number of hydrogen-bond donors (Lipinski definition) is 0. The van der Waals surface area contributed by atoms with Gasteiger partial charge in [-0.15, -0.1) is 0 Å². The largest absolute Gasteiger partial charge is 0.380 e. The van der Waals surface area contributed by atoms with Crippen molar-refractivity contribution in [2.24, 2.45) is 11.8 Å². The summed E-state index contributed by atoms with van der Waals surface area (Å²) in [4.78, 5) is 14.5. The van der Waals surface area contributed by atoms with Crippen molar-refractivity contribution in [1.82, 2.24) is 14.7 Å². The summed E-state index contributed by atoms with van der Waals surface area (Å²) in [6, 6.07) is 0. The predicted molar refractivity (Wildman–Crippen MR) is 87.2 cm³/mol. The summed E-state index contributed by atoms with van der Waals surface area (Å²) in [6.45, 7) is 5.63. The first-order valence-corrected chi connectivity index (χ1v) is 9.20. The fourth-order valence-corrected chi connectivity index (χ4v) is 3.87. The summed E-state index contributed by atoms with van der Waals surface area (Å²) in [5.74, 6) is 0.875. The molecule has 24 heavy (non-hydrogen) atoms. The van der Waals surface area contributed by atoms with Crippen molar-refractivity contribution >= 4 is 5.91 Å². The van der Waals surface area contributed by atoms with Gasteiger partial charge in [0.1, 0.15) is 6.17 Å². The number of alkyl halides is 1. The van der Waals surface area contributed by atoms with E-state index < -0.39 is 6.17 Å². The van der Waals surface area contributed by atoms with Crippen LogP contribution in [0.2, 0.25) is 0 Å². The second-order valence-electron chi connectivity index (χ2n) is 7.53. The Labute approximate surface area is 142 Å². The van der Waals surface area contributed by atoms with Crippen molar-refractivity contribution in [1.29, 1.82) is 0 Å². The zero-order valence-corrected chi connectivity index (χ0v) is 14.3. The molecule has 1 aromatic heterocycles. The van der Waals surface area contributed by atoms with Crippen LogP contribution in [0.1, 0.15) is 49.8 Å². The highest BCUT2D eigenvalue weighted by atomic mass is 19.1. The van der Waals surface area contributed by atoms with Gasteiger partial charge in [-0.25, -0.2) is 4.39 Å². The van der Waals surface area contributed by atoms with E-state index >= 15 is 0 Å². The molecular weight excluding hydrogens is 309 g/mol. The standard InChI is InChI=1S/C18H26FN3O2/c1-2-22-17-14(7-20-22)8-21(18(23)13-5-16(19)6-13)9-15(17)11-24-10-12-3-4-12/h7,12-13,15-16H,2-6,8-11H2,1H3/t13?,15-,16?/m1/s1. The summed E-state index contributed by atoms with van der Waals surface area (Å²) in [5, 5.41) is 4.47. The van der Waals surface area contributed by atoms with E-state index in [9.17, 15) is 9.18 Å². The molecule has 0 spiro atoms. The molecule has 2 heterocycles. The number of carbonyl (C=O) groups is 1. The third kappa shape index (κ3) is 3.08. The van der Waals surface area contributed by atoms with Gasteiger partial charge in [0.2, 0.25) is 5.91 Å². The molecule has 0 aromatic carbocycles. The van der Waals surface area contributed by atoms with Crippen LogP contribution in [0.4, 0.5) is 4.39 Å². The minimum absolute atomic E-state index is 0.103. The lowest BCUT2D eigenvalue weighted by Crippen LogP contribution is -2.46. The van der Waals surface area contributed by atoms with Crippen LogP contribution in [0.25, 0.3) is 0 Å². The van der Waals surface area contributed by atoms with Crippen molar-refractivity contribution in [2.45, 2.75) is 57.8 Å². The van der Waals surface area contributed by atoms with Gasteiger partial charge < -0.3 is 9.64 Å². The van der Waals surface area contributed by atoms with Crippen molar-refractivity contribution in [2.75, 3.05) is 19.8 Å². The average Bonchev–Trinajstić information content (AvgIpc) is 3.28. The molecule has 1 amide bonds. The Bertz CT molecular complexity index is 607. The Morgan fingerprint density at radius 3 is 2.83 bits per heavy atom. The van der Waals surface area contributed by atoms with Crippen LogP contribution in [0, 0.1) is 11.8 Å². The molecule has 1 aliphatic heterocycles. The van der Waals surface area contributed by atoms with Gasteiger partial charge in [0, 0.05) is 43.6 Å². The minimum atomic E-state index is -0.792. The van der Waals surface area contributed by atoms with Gasteiger partial charge in [0.25, 0.3) is 0 Å². The number of aryl methyl sites for hydroxylation is 1. The molecule has 0 bridgehead atoms. The number of ether oxygens (including phenoxy) is 1. The summed E-state index contributed by atoms with van der Waals surface area (Å²) < 4.78 is 21.1. The Kier molecular flexibility index (Phi) is 4.33. The minimum Gasteiger partial charge on any atom is -0.380 e. The number of hydrogen-bond acceptors (Lipinski definition) is 3. The first-order valence-electron chi connectivity index (χ1n) is 9.20. The Hall–Kier alpha value is -1.43. The van der Waals surface area contributed by atoms with Gasteiger partial charge in [-0.2, -0.15) is 5.10 Å². The van der Waals surface area contributed by atoms with E-state index in [0.29, 0.717) is 32.5 Å². The molecule has 3 aliphatic rings. The predicted octanol–water partition coefficient (Wildman–Crippen LogP) is 2.50. The fraction of sp³-hybridized carbons (Fsp3) is 0.778. The summed E-state index contributed by atoms with van der Waals surface area (Å²) >= 11 is 0. The number of carbonyl (C=O) groups excluding carboxylic acids is 1. The summed E-state index contributed by atoms with van der Waals surface area (Å²) in [5.41, 5.74) is 2.34. The molecule has 0 saturated heterocycles. The maximum Gasteiger partial charge on any atom is 0.226 e. The van der Waals surface area contributed by atoms with Crippen LogP contribution in [-0.2, 0) is 22.6 Å². The zero-order valence-electron chi connectivity index (χ0n) is 14.3. The quantitative estimate of drug-likeness (QED) is 0.802. The van der Waals surface area contributed by atoms with E-state index in [1.807, 2.05) is 15.8 Å². The van der Waals surface area contributed by atoms with E-state index in [1.165, 1.54) is 18.5 Å². The van der Waals surface area contributed by atoms with Gasteiger partial charge >= 0.3 is 0 Å². The lowest BCUT2D eigenvalue weighted by Gasteiger charge is -2.38. The van der Waals surface area contributed by atoms with Crippen LogP contribution in [0.3, 0.4) is 0 Å². The molecule has 1 aromatic rings. The second-order valence-corrected chi connectivity index (χ2v) is 7.53. The van der Waals surface area contributed by atoms with Crippen molar-refractivity contribution in [3.63, 3.8) is 0 Å². The first kappa shape index (κ1) is 16.1. The number of halogens is 1. The van der Waals surface area contributed by atoms with E-state index in [1.54, 1.807) is 0 Å². The molecule has 6 heteroatoms. The number of fused-ring (bicyclic) bond motifs is 1. The topological polar surface area (TPSA) is 47.4 Å². The normalized spacial score (nSPS) is 29.2. The van der Waals surface area contributed by atoms with E-state index in [2.05, 4.69) is 12.0 Å². The molecular formula is C18H26FN3O2. The third-order valence-corrected chi connectivity index (χ3v) is 5.56. The molecule has 0 radical (unpaired) electrons. The molecule has 2 fully saturated rings. The molecule has 2 aliphatic carbocycles. The molecule has 0 N–H and O–H groups in total. The molecule has 4 rings (SSSR count). The number of nitrogens with zero attached hydrogens (tertiary/aromatic N) is 3. The van der Waals surface area contributed by atoms with Crippen molar-refractivity contribution in [3.8, 4) is 0 Å². The van der Waals surface area contributed by atoms with Crippen LogP contribution in [0.15, 0.2) is 6.20 Å². The lowest BCUT2D eigenvalue weighted by molar-refractivity contribution is -0.142. The summed E-state index contributed by atoms with van der Waals surface area (Å²) in [6.07, 6.45) is 4.42. The zero-order chi connectivity index (χ0) is 16.7. The van der Waals surface area contributed by atoms with E-state index in [-0.39, 0.29) is 17.7 Å². The highest BCUT2D eigenvalue weighted by molar-refractivity contribution is 5.80. The highest BCUT2D eigenvalue weighted by Crippen LogP contribution is 2.36. The second kappa shape index (κ2) is 6.47. The molecule has 1 atom stereocenters. The van der Waals surface area contributed by atoms with Gasteiger partial charge in [0.15, 0.2) is 0 Å². The molecule has 5 nitrogen and oxygen atoms in total. The number of aromatic nitrogens is 2. The van der Waals surface area contributed by atoms with Crippen LogP contribution in [-0.4, -0.2) is 46.5 Å². The smallest absolute Gasteiger partial charge is 0.226 e. The summed E-state index contributed by atoms with van der Waals surface area (Å²) in [7, 11) is 0. The van der Waals surface area contributed by atoms with Crippen LogP contribution in [0.5, 0.6) is 0 Å². The van der Waals surface area contributed by atoms with Gasteiger partial charge in [0.05, 0.1) is 18.5 Å². The van der Waals surface area contributed by atoms with Crippen LogP contribution < -0.4 is 0 Å². The van der Waals surface area contributed by atoms with Gasteiger partial charge in [-0.3, -0.25) is 9.48 Å². The Morgan fingerprint density at radius 2 is 2.17 bits per heavy atom. The van der Waals surface area contributed by atoms with Crippen molar-refractivity contribution < 1.29 is 13.9 Å². The maximum atomic E-state index is 13.1. The number of rotatable bonds is 6. The monoisotopic (exact) mass is 335 g/mol.